The van der Waals surface area contributed by atoms with Crippen molar-refractivity contribution in [2.75, 3.05) is 5.32 Å². The van der Waals surface area contributed by atoms with Crippen LogP contribution in [0.1, 0.15) is 11.1 Å². The Labute approximate surface area is 149 Å². The van der Waals surface area contributed by atoms with Crippen LogP contribution in [-0.4, -0.2) is 16.8 Å². The zero-order valence-electron chi connectivity index (χ0n) is 13.1. The van der Waals surface area contributed by atoms with E-state index in [1.54, 1.807) is 48.8 Å². The number of halogens is 1. The fraction of sp³-hybridized carbons (Fsp3) is 0. The number of oxime groups is 1. The first-order valence-electron chi connectivity index (χ1n) is 7.50. The molecule has 0 bridgehead atoms. The van der Waals surface area contributed by atoms with Crippen LogP contribution in [0.25, 0.3) is 0 Å². The van der Waals surface area contributed by atoms with E-state index in [2.05, 4.69) is 15.5 Å². The molecule has 25 heavy (non-hydrogen) atoms. The first-order chi connectivity index (χ1) is 12.2. The molecule has 1 N–H and O–H groups in total. The standard InChI is InChI=1S/C19H14ClN3O2/c20-16-6-8-17(9-7-16)22-19(24)25-23-18(14-4-2-1-3-5-14)15-10-12-21-13-11-15/h1-13H,(H,22,24)/b23-18-. The number of hydrogen-bond donors (Lipinski definition) is 1. The van der Waals surface area contributed by atoms with Crippen molar-refractivity contribution in [3.8, 4) is 0 Å². The number of carbonyl (C=O) groups excluding carboxylic acids is 1. The summed E-state index contributed by atoms with van der Waals surface area (Å²) in [5, 5.41) is 7.20. The third-order valence-electron chi connectivity index (χ3n) is 3.31. The maximum absolute atomic E-state index is 12.0. The van der Waals surface area contributed by atoms with E-state index in [0.717, 1.165) is 11.1 Å². The second kappa shape index (κ2) is 8.08. The minimum absolute atomic E-state index is 0.536. The number of benzene rings is 2. The Balaban J connectivity index is 1.79. The summed E-state index contributed by atoms with van der Waals surface area (Å²) in [7, 11) is 0. The molecule has 0 aliphatic rings. The number of nitrogens with zero attached hydrogens (tertiary/aromatic N) is 2. The van der Waals surface area contributed by atoms with Crippen LogP contribution in [0.3, 0.4) is 0 Å². The number of aromatic nitrogens is 1. The molecule has 0 spiro atoms. The largest absolute Gasteiger partial charge is 0.437 e. The van der Waals surface area contributed by atoms with E-state index < -0.39 is 6.09 Å². The molecular weight excluding hydrogens is 338 g/mol. The van der Waals surface area contributed by atoms with E-state index >= 15 is 0 Å². The van der Waals surface area contributed by atoms with Gasteiger partial charge in [-0.15, -0.1) is 0 Å². The topological polar surface area (TPSA) is 63.6 Å². The van der Waals surface area contributed by atoms with Crippen LogP contribution in [0.2, 0.25) is 5.02 Å². The molecule has 6 heteroatoms. The summed E-state index contributed by atoms with van der Waals surface area (Å²) in [5.74, 6) is 0. The van der Waals surface area contributed by atoms with E-state index in [-0.39, 0.29) is 0 Å². The smallest absolute Gasteiger partial charge is 0.297 e. The lowest BCUT2D eigenvalue weighted by atomic mass is 10.0. The van der Waals surface area contributed by atoms with E-state index in [1.807, 2.05) is 30.3 Å². The van der Waals surface area contributed by atoms with Crippen molar-refractivity contribution in [2.45, 2.75) is 0 Å². The summed E-state index contributed by atoms with van der Waals surface area (Å²) < 4.78 is 0. The highest BCUT2D eigenvalue weighted by Crippen LogP contribution is 2.14. The number of carbonyl (C=O) groups is 1. The second-order valence-corrected chi connectivity index (χ2v) is 5.49. The molecule has 0 atom stereocenters. The molecule has 1 heterocycles. The van der Waals surface area contributed by atoms with Crippen molar-refractivity contribution in [1.82, 2.24) is 4.98 Å². The lowest BCUT2D eigenvalue weighted by Crippen LogP contribution is -2.13. The van der Waals surface area contributed by atoms with Gasteiger partial charge in [-0.05, 0) is 36.4 Å². The molecular formula is C19H14ClN3O2. The highest BCUT2D eigenvalue weighted by atomic mass is 35.5. The van der Waals surface area contributed by atoms with Gasteiger partial charge < -0.3 is 0 Å². The molecule has 0 unspecified atom stereocenters. The van der Waals surface area contributed by atoms with E-state index in [0.29, 0.717) is 16.4 Å². The van der Waals surface area contributed by atoms with Crippen LogP contribution in [-0.2, 0) is 4.84 Å². The van der Waals surface area contributed by atoms with Crippen LogP contribution in [0.5, 0.6) is 0 Å². The Bertz CT molecular complexity index is 825. The minimum atomic E-state index is -0.690. The van der Waals surface area contributed by atoms with Gasteiger partial charge >= 0.3 is 6.09 Å². The van der Waals surface area contributed by atoms with Crippen molar-refractivity contribution in [2.24, 2.45) is 5.16 Å². The van der Waals surface area contributed by atoms with Crippen LogP contribution in [0, 0.1) is 0 Å². The zero-order chi connectivity index (χ0) is 17.5. The van der Waals surface area contributed by atoms with Gasteiger partial charge in [0.1, 0.15) is 5.71 Å². The van der Waals surface area contributed by atoms with Crippen LogP contribution in [0.4, 0.5) is 10.5 Å². The minimum Gasteiger partial charge on any atom is -0.297 e. The Hall–Kier alpha value is -3.18. The molecule has 0 saturated carbocycles. The number of nitrogens with one attached hydrogen (secondary N) is 1. The molecule has 0 fully saturated rings. The van der Waals surface area contributed by atoms with E-state index in [4.69, 9.17) is 16.4 Å². The number of rotatable bonds is 4. The molecule has 124 valence electrons. The molecule has 2 aromatic carbocycles. The predicted molar refractivity (Wildman–Crippen MR) is 97.9 cm³/mol. The van der Waals surface area contributed by atoms with Crippen molar-refractivity contribution in [1.29, 1.82) is 0 Å². The Morgan fingerprint density at radius 2 is 1.56 bits per heavy atom. The van der Waals surface area contributed by atoms with E-state index in [1.165, 1.54) is 0 Å². The second-order valence-electron chi connectivity index (χ2n) is 5.05. The first-order valence-corrected chi connectivity index (χ1v) is 7.87. The summed E-state index contributed by atoms with van der Waals surface area (Å²) in [5.41, 5.74) is 2.72. The SMILES string of the molecule is O=C(Nc1ccc(Cl)cc1)O/N=C(/c1ccccc1)c1ccncc1. The molecule has 0 aliphatic heterocycles. The van der Waals surface area contributed by atoms with Gasteiger partial charge in [0.25, 0.3) is 0 Å². The monoisotopic (exact) mass is 351 g/mol. The lowest BCUT2D eigenvalue weighted by Gasteiger charge is -2.07. The van der Waals surface area contributed by atoms with Gasteiger partial charge in [0, 0.05) is 34.2 Å². The van der Waals surface area contributed by atoms with Gasteiger partial charge in [-0.1, -0.05) is 47.1 Å². The van der Waals surface area contributed by atoms with Gasteiger partial charge in [0.2, 0.25) is 0 Å². The summed E-state index contributed by atoms with van der Waals surface area (Å²) in [6.45, 7) is 0. The maximum atomic E-state index is 12.0. The van der Waals surface area contributed by atoms with Crippen molar-refractivity contribution in [3.63, 3.8) is 0 Å². The van der Waals surface area contributed by atoms with Gasteiger partial charge in [-0.3, -0.25) is 15.1 Å². The normalized spacial score (nSPS) is 11.0. The molecule has 3 rings (SSSR count). The highest BCUT2D eigenvalue weighted by molar-refractivity contribution is 6.30. The van der Waals surface area contributed by atoms with E-state index in [9.17, 15) is 4.79 Å². The zero-order valence-corrected chi connectivity index (χ0v) is 13.9. The van der Waals surface area contributed by atoms with Crippen LogP contribution >= 0.6 is 11.6 Å². The fourth-order valence-corrected chi connectivity index (χ4v) is 2.26. The number of anilines is 1. The Morgan fingerprint density at radius 1 is 0.920 bits per heavy atom. The lowest BCUT2D eigenvalue weighted by molar-refractivity contribution is 0.166. The molecule has 5 nitrogen and oxygen atoms in total. The van der Waals surface area contributed by atoms with Gasteiger partial charge in [-0.2, -0.15) is 0 Å². The molecule has 1 amide bonds. The van der Waals surface area contributed by atoms with Crippen molar-refractivity contribution in [3.05, 3.63) is 95.3 Å². The number of pyridine rings is 1. The van der Waals surface area contributed by atoms with Gasteiger partial charge in [-0.25, -0.2) is 4.79 Å². The summed E-state index contributed by atoms with van der Waals surface area (Å²) in [6, 6.07) is 19.8. The molecule has 1 aromatic heterocycles. The van der Waals surface area contributed by atoms with Gasteiger partial charge in [0.15, 0.2) is 0 Å². The van der Waals surface area contributed by atoms with Crippen molar-refractivity contribution >= 4 is 29.1 Å². The number of amides is 1. The van der Waals surface area contributed by atoms with Crippen molar-refractivity contribution < 1.29 is 9.63 Å². The third kappa shape index (κ3) is 4.65. The molecule has 0 saturated heterocycles. The number of hydrogen-bond acceptors (Lipinski definition) is 4. The highest BCUT2D eigenvalue weighted by Gasteiger charge is 2.10. The Kier molecular flexibility index (Phi) is 5.39. The molecule has 3 aromatic rings. The quantitative estimate of drug-likeness (QED) is 0.419. The van der Waals surface area contributed by atoms with Gasteiger partial charge in [0.05, 0.1) is 0 Å². The average molecular weight is 352 g/mol. The average Bonchev–Trinajstić information content (AvgIpc) is 2.66. The fourth-order valence-electron chi connectivity index (χ4n) is 2.14. The summed E-state index contributed by atoms with van der Waals surface area (Å²) >= 11 is 5.82. The first kappa shape index (κ1) is 16.7. The molecule has 0 aliphatic carbocycles. The van der Waals surface area contributed by atoms with Crippen LogP contribution < -0.4 is 5.32 Å². The summed E-state index contributed by atoms with van der Waals surface area (Å²) in [6.07, 6.45) is 2.62. The maximum Gasteiger partial charge on any atom is 0.437 e. The third-order valence-corrected chi connectivity index (χ3v) is 3.56. The Morgan fingerprint density at radius 3 is 2.24 bits per heavy atom. The van der Waals surface area contributed by atoms with Crippen LogP contribution in [0.15, 0.2) is 84.3 Å². The summed E-state index contributed by atoms with van der Waals surface area (Å²) in [4.78, 5) is 21.0. The predicted octanol–water partition coefficient (Wildman–Crippen LogP) is 4.74. The molecule has 0 radical (unpaired) electrons.